The highest BCUT2D eigenvalue weighted by Crippen LogP contribution is 2.21. The van der Waals surface area contributed by atoms with Crippen LogP contribution in [-0.2, 0) is 18.8 Å². The molecule has 0 unspecified atom stereocenters. The van der Waals surface area contributed by atoms with Gasteiger partial charge in [0, 0.05) is 31.2 Å². The number of nitrogens with zero attached hydrogens (tertiary/aromatic N) is 3. The molecule has 0 atom stereocenters. The first kappa shape index (κ1) is 20.2. The number of rotatable bonds is 2. The molecular formula is C24H21N3O4. The van der Waals surface area contributed by atoms with Crippen molar-refractivity contribution in [1.29, 1.82) is 0 Å². The third-order valence-electron chi connectivity index (χ3n) is 5.28. The van der Waals surface area contributed by atoms with Crippen LogP contribution in [0.4, 0.5) is 4.79 Å². The van der Waals surface area contributed by atoms with Crippen LogP contribution in [0.3, 0.4) is 0 Å². The second-order valence-corrected chi connectivity index (χ2v) is 7.14. The standard InChI is InChI=1S/C24H21N3O4/c1-25-20(13-16-9-5-4-6-10-16)22(28)26(2)21(23(25)29)14-17-15-27(24(30)31-3)19-12-8-7-11-18(17)19/h4-15H,1-3H3. The van der Waals surface area contributed by atoms with E-state index in [2.05, 4.69) is 0 Å². The summed E-state index contributed by atoms with van der Waals surface area (Å²) in [5.74, 6) is 0. The molecule has 31 heavy (non-hydrogen) atoms. The average Bonchev–Trinajstić information content (AvgIpc) is 3.17. The minimum atomic E-state index is -0.537. The van der Waals surface area contributed by atoms with Gasteiger partial charge in [0.15, 0.2) is 0 Å². The number of benzene rings is 2. The quantitative estimate of drug-likeness (QED) is 0.495. The zero-order valence-electron chi connectivity index (χ0n) is 17.4. The highest BCUT2D eigenvalue weighted by Gasteiger charge is 2.13. The zero-order valence-corrected chi connectivity index (χ0v) is 17.4. The molecule has 2 heterocycles. The van der Waals surface area contributed by atoms with Gasteiger partial charge in [-0.1, -0.05) is 48.5 Å². The van der Waals surface area contributed by atoms with E-state index in [1.807, 2.05) is 48.5 Å². The summed E-state index contributed by atoms with van der Waals surface area (Å²) in [6, 6.07) is 16.7. The fourth-order valence-corrected chi connectivity index (χ4v) is 3.59. The molecular weight excluding hydrogens is 394 g/mol. The fourth-order valence-electron chi connectivity index (χ4n) is 3.59. The minimum Gasteiger partial charge on any atom is -0.452 e. The molecule has 0 saturated heterocycles. The summed E-state index contributed by atoms with van der Waals surface area (Å²) in [4.78, 5) is 38.4. The van der Waals surface area contributed by atoms with Crippen LogP contribution in [0, 0.1) is 0 Å². The van der Waals surface area contributed by atoms with E-state index in [1.54, 1.807) is 38.5 Å². The van der Waals surface area contributed by atoms with Gasteiger partial charge in [0.1, 0.15) is 10.7 Å². The molecule has 4 rings (SSSR count). The average molecular weight is 415 g/mol. The van der Waals surface area contributed by atoms with Crippen LogP contribution in [-0.4, -0.2) is 26.9 Å². The molecule has 0 N–H and O–H groups in total. The van der Waals surface area contributed by atoms with Gasteiger partial charge in [-0.25, -0.2) is 4.79 Å². The third-order valence-corrected chi connectivity index (χ3v) is 5.28. The monoisotopic (exact) mass is 415 g/mol. The Hall–Kier alpha value is -4.13. The summed E-state index contributed by atoms with van der Waals surface area (Å²) < 4.78 is 8.91. The van der Waals surface area contributed by atoms with Gasteiger partial charge in [0.25, 0.3) is 11.1 Å². The van der Waals surface area contributed by atoms with Crippen molar-refractivity contribution in [3.8, 4) is 0 Å². The summed E-state index contributed by atoms with van der Waals surface area (Å²) >= 11 is 0. The Balaban J connectivity index is 2.01. The van der Waals surface area contributed by atoms with Crippen molar-refractivity contribution in [2.75, 3.05) is 7.11 Å². The predicted molar refractivity (Wildman–Crippen MR) is 119 cm³/mol. The number of carbonyl (C=O) groups is 1. The van der Waals surface area contributed by atoms with Gasteiger partial charge in [0.05, 0.1) is 12.6 Å². The molecule has 0 saturated carbocycles. The van der Waals surface area contributed by atoms with Gasteiger partial charge in [0.2, 0.25) is 0 Å². The van der Waals surface area contributed by atoms with Crippen LogP contribution in [0.15, 0.2) is 70.4 Å². The number of hydrogen-bond acceptors (Lipinski definition) is 4. The Morgan fingerprint density at radius 1 is 0.839 bits per heavy atom. The Morgan fingerprint density at radius 3 is 2.06 bits per heavy atom. The molecule has 0 aliphatic heterocycles. The lowest BCUT2D eigenvalue weighted by atomic mass is 10.1. The van der Waals surface area contributed by atoms with Gasteiger partial charge >= 0.3 is 6.09 Å². The topological polar surface area (TPSA) is 75.2 Å². The second kappa shape index (κ2) is 7.95. The molecule has 7 nitrogen and oxygen atoms in total. The summed E-state index contributed by atoms with van der Waals surface area (Å²) in [5.41, 5.74) is 1.49. The maximum atomic E-state index is 13.1. The van der Waals surface area contributed by atoms with Gasteiger partial charge in [-0.3, -0.25) is 14.2 Å². The van der Waals surface area contributed by atoms with E-state index in [-0.39, 0.29) is 21.8 Å². The van der Waals surface area contributed by atoms with E-state index in [0.717, 1.165) is 10.9 Å². The Bertz CT molecular complexity index is 1540. The van der Waals surface area contributed by atoms with Crippen LogP contribution in [0.2, 0.25) is 0 Å². The number of hydrogen-bond donors (Lipinski definition) is 0. The number of para-hydroxylation sites is 1. The van der Waals surface area contributed by atoms with Crippen molar-refractivity contribution in [2.45, 2.75) is 0 Å². The summed E-state index contributed by atoms with van der Waals surface area (Å²) in [7, 11) is 4.45. The van der Waals surface area contributed by atoms with Crippen LogP contribution in [0.25, 0.3) is 23.1 Å². The molecule has 156 valence electrons. The van der Waals surface area contributed by atoms with Crippen LogP contribution >= 0.6 is 0 Å². The third kappa shape index (κ3) is 3.50. The first-order valence-electron chi connectivity index (χ1n) is 9.65. The maximum absolute atomic E-state index is 13.1. The maximum Gasteiger partial charge on any atom is 0.418 e. The van der Waals surface area contributed by atoms with Gasteiger partial charge in [-0.05, 0) is 23.8 Å². The van der Waals surface area contributed by atoms with Crippen molar-refractivity contribution in [1.82, 2.24) is 13.7 Å². The lowest BCUT2D eigenvalue weighted by Gasteiger charge is -2.05. The molecule has 2 aromatic carbocycles. The second-order valence-electron chi connectivity index (χ2n) is 7.14. The molecule has 2 aromatic heterocycles. The molecule has 7 heteroatoms. The molecule has 0 aliphatic carbocycles. The lowest BCUT2D eigenvalue weighted by Crippen LogP contribution is -2.56. The number of carbonyl (C=O) groups excluding carboxylic acids is 1. The van der Waals surface area contributed by atoms with E-state index in [0.29, 0.717) is 11.1 Å². The first-order chi connectivity index (χ1) is 14.9. The van der Waals surface area contributed by atoms with Gasteiger partial charge < -0.3 is 13.9 Å². The largest absolute Gasteiger partial charge is 0.452 e. The van der Waals surface area contributed by atoms with Crippen molar-refractivity contribution in [3.05, 3.63) is 103 Å². The van der Waals surface area contributed by atoms with E-state index in [9.17, 15) is 14.4 Å². The predicted octanol–water partition coefficient (Wildman–Crippen LogP) is 1.31. The molecule has 0 fully saturated rings. The Labute approximate surface area is 177 Å². The molecule has 0 aliphatic rings. The van der Waals surface area contributed by atoms with Gasteiger partial charge in [-0.2, -0.15) is 0 Å². The van der Waals surface area contributed by atoms with Gasteiger partial charge in [-0.15, -0.1) is 0 Å². The number of methoxy groups -OCH3 is 1. The number of fused-ring (bicyclic) bond motifs is 1. The smallest absolute Gasteiger partial charge is 0.418 e. The molecule has 0 spiro atoms. The van der Waals surface area contributed by atoms with E-state index in [1.165, 1.54) is 20.8 Å². The summed E-state index contributed by atoms with van der Waals surface area (Å²) in [6.45, 7) is 0. The van der Waals surface area contributed by atoms with Crippen LogP contribution < -0.4 is 21.8 Å². The Kier molecular flexibility index (Phi) is 5.17. The molecule has 0 bridgehead atoms. The number of ether oxygens (including phenoxy) is 1. The zero-order chi connectivity index (χ0) is 22.1. The van der Waals surface area contributed by atoms with Crippen molar-refractivity contribution < 1.29 is 9.53 Å². The van der Waals surface area contributed by atoms with Crippen molar-refractivity contribution >= 4 is 29.1 Å². The summed E-state index contributed by atoms with van der Waals surface area (Å²) in [6.07, 6.45) is 4.38. The Morgan fingerprint density at radius 2 is 1.42 bits per heavy atom. The fraction of sp³-hybridized carbons (Fsp3) is 0.125. The lowest BCUT2D eigenvalue weighted by molar-refractivity contribution is 0.174. The number of aromatic nitrogens is 3. The first-order valence-corrected chi connectivity index (χ1v) is 9.65. The molecule has 0 radical (unpaired) electrons. The van der Waals surface area contributed by atoms with Crippen LogP contribution in [0.5, 0.6) is 0 Å². The van der Waals surface area contributed by atoms with E-state index >= 15 is 0 Å². The van der Waals surface area contributed by atoms with Crippen molar-refractivity contribution in [3.63, 3.8) is 0 Å². The highest BCUT2D eigenvalue weighted by molar-refractivity contribution is 5.95. The molecule has 4 aromatic rings. The SMILES string of the molecule is COC(=O)n1cc(C=c2c(=O)n(C)c(=Cc3ccccc3)c(=O)n2C)c2ccccc21. The summed E-state index contributed by atoms with van der Waals surface area (Å²) in [5, 5.41) is 1.26. The highest BCUT2D eigenvalue weighted by atomic mass is 16.5. The van der Waals surface area contributed by atoms with Crippen molar-refractivity contribution in [2.24, 2.45) is 14.1 Å². The molecule has 0 amide bonds. The van der Waals surface area contributed by atoms with E-state index in [4.69, 9.17) is 4.74 Å². The minimum absolute atomic E-state index is 0.213. The van der Waals surface area contributed by atoms with Crippen LogP contribution in [0.1, 0.15) is 11.1 Å². The van der Waals surface area contributed by atoms with E-state index < -0.39 is 6.09 Å². The normalized spacial score (nSPS) is 12.5.